The largest absolute Gasteiger partial charge is 0.493 e. The zero-order valence-corrected chi connectivity index (χ0v) is 16.5. The van der Waals surface area contributed by atoms with Gasteiger partial charge in [-0.3, -0.25) is 4.40 Å². The van der Waals surface area contributed by atoms with Crippen LogP contribution < -0.4 is 4.74 Å². The van der Waals surface area contributed by atoms with E-state index in [4.69, 9.17) is 4.74 Å². The Labute approximate surface area is 167 Å². The van der Waals surface area contributed by atoms with E-state index in [-0.39, 0.29) is 17.3 Å². The van der Waals surface area contributed by atoms with Crippen molar-refractivity contribution in [2.45, 2.75) is 25.7 Å². The average Bonchev–Trinajstić information content (AvgIpc) is 3.37. The lowest BCUT2D eigenvalue weighted by molar-refractivity contribution is 0.356. The molecule has 0 fully saturated rings. The number of hydrogen-bond donors (Lipinski definition) is 0. The Bertz CT molecular complexity index is 1250. The Morgan fingerprint density at radius 2 is 2.10 bits per heavy atom. The highest BCUT2D eigenvalue weighted by Gasteiger charge is 2.22. The van der Waals surface area contributed by atoms with E-state index in [2.05, 4.69) is 15.2 Å². The lowest BCUT2D eigenvalue weighted by Crippen LogP contribution is -2.15. The summed E-state index contributed by atoms with van der Waals surface area (Å²) >= 11 is 0. The standard InChI is InChI=1S/C20H19FN4O3S/c21-17-2-3-18-15(5-8-28-18)14(17)1-4-19-22-11-16(20-24-23-12-25(19)20)13-6-9-29(26,27)10-7-13/h2-3,6,11-12H,1,4-5,7-10H2. The first kappa shape index (κ1) is 18.2. The molecule has 0 radical (unpaired) electrons. The quantitative estimate of drug-likeness (QED) is 0.651. The molecule has 9 heteroatoms. The van der Waals surface area contributed by atoms with Crippen molar-refractivity contribution in [1.82, 2.24) is 19.6 Å². The monoisotopic (exact) mass is 414 g/mol. The number of ether oxygens (including phenoxy) is 1. The molecule has 0 unspecified atom stereocenters. The van der Waals surface area contributed by atoms with Gasteiger partial charge in [-0.05, 0) is 36.1 Å². The topological polar surface area (TPSA) is 86.5 Å². The Hall–Kier alpha value is -2.81. The SMILES string of the molecule is O=S1(=O)CC=C(c2cnc(CCc3c(F)ccc4c3CCO4)n3cnnc23)CC1. The van der Waals surface area contributed by atoms with Crippen LogP contribution >= 0.6 is 0 Å². The van der Waals surface area contributed by atoms with Crippen molar-refractivity contribution in [3.63, 3.8) is 0 Å². The molecule has 0 amide bonds. The molecule has 150 valence electrons. The molecule has 3 aromatic rings. The number of fused-ring (bicyclic) bond motifs is 2. The van der Waals surface area contributed by atoms with Crippen LogP contribution in [0.25, 0.3) is 11.2 Å². The first-order valence-electron chi connectivity index (χ1n) is 9.52. The van der Waals surface area contributed by atoms with Crippen LogP contribution in [0.5, 0.6) is 5.75 Å². The summed E-state index contributed by atoms with van der Waals surface area (Å²) in [6, 6.07) is 3.14. The van der Waals surface area contributed by atoms with Gasteiger partial charge in [0.05, 0.1) is 18.1 Å². The highest BCUT2D eigenvalue weighted by atomic mass is 32.2. The lowest BCUT2D eigenvalue weighted by Gasteiger charge is -2.15. The predicted molar refractivity (Wildman–Crippen MR) is 105 cm³/mol. The van der Waals surface area contributed by atoms with Crippen LogP contribution in [0, 0.1) is 5.82 Å². The van der Waals surface area contributed by atoms with Crippen molar-refractivity contribution >= 4 is 21.1 Å². The molecule has 0 saturated heterocycles. The summed E-state index contributed by atoms with van der Waals surface area (Å²) in [5.74, 6) is 1.43. The summed E-state index contributed by atoms with van der Waals surface area (Å²) in [5.41, 5.74) is 3.97. The third kappa shape index (κ3) is 3.29. The molecule has 0 spiro atoms. The Balaban J connectivity index is 1.46. The number of aromatic nitrogens is 4. The molecule has 2 aromatic heterocycles. The number of allylic oxidation sites excluding steroid dienone is 1. The zero-order chi connectivity index (χ0) is 20.0. The van der Waals surface area contributed by atoms with Crippen LogP contribution in [-0.4, -0.2) is 46.1 Å². The van der Waals surface area contributed by atoms with Gasteiger partial charge in [-0.25, -0.2) is 17.8 Å². The molecule has 0 N–H and O–H groups in total. The molecule has 29 heavy (non-hydrogen) atoms. The number of sulfone groups is 1. The van der Waals surface area contributed by atoms with E-state index in [1.165, 1.54) is 6.07 Å². The molecule has 0 saturated carbocycles. The van der Waals surface area contributed by atoms with Crippen LogP contribution in [0.3, 0.4) is 0 Å². The Morgan fingerprint density at radius 1 is 1.21 bits per heavy atom. The average molecular weight is 414 g/mol. The summed E-state index contributed by atoms with van der Waals surface area (Å²) in [6.45, 7) is 0.583. The second kappa shape index (κ2) is 6.91. The lowest BCUT2D eigenvalue weighted by atomic mass is 9.99. The van der Waals surface area contributed by atoms with Gasteiger partial charge in [0.1, 0.15) is 23.7 Å². The van der Waals surface area contributed by atoms with Crippen molar-refractivity contribution in [2.24, 2.45) is 0 Å². The van der Waals surface area contributed by atoms with Gasteiger partial charge in [0.15, 0.2) is 15.5 Å². The van der Waals surface area contributed by atoms with Crippen LogP contribution in [0.2, 0.25) is 0 Å². The molecule has 2 aliphatic rings. The summed E-state index contributed by atoms with van der Waals surface area (Å²) in [4.78, 5) is 4.57. The van der Waals surface area contributed by atoms with E-state index in [0.29, 0.717) is 43.5 Å². The minimum absolute atomic E-state index is 0.0326. The molecule has 7 nitrogen and oxygen atoms in total. The van der Waals surface area contributed by atoms with Gasteiger partial charge >= 0.3 is 0 Å². The number of halogens is 1. The summed E-state index contributed by atoms with van der Waals surface area (Å²) < 4.78 is 45.1. The van der Waals surface area contributed by atoms with Crippen LogP contribution in [0.1, 0.15) is 28.9 Å². The van der Waals surface area contributed by atoms with Crippen LogP contribution in [0.15, 0.2) is 30.7 Å². The van der Waals surface area contributed by atoms with Gasteiger partial charge in [-0.2, -0.15) is 0 Å². The third-order valence-electron chi connectivity index (χ3n) is 5.56. The van der Waals surface area contributed by atoms with Crippen LogP contribution in [0.4, 0.5) is 4.39 Å². The van der Waals surface area contributed by atoms with Gasteiger partial charge < -0.3 is 4.74 Å². The molecule has 0 bridgehead atoms. The fourth-order valence-corrected chi connectivity index (χ4v) is 5.18. The number of rotatable bonds is 4. The summed E-state index contributed by atoms with van der Waals surface area (Å²) in [5, 5.41) is 8.22. The van der Waals surface area contributed by atoms with E-state index in [1.807, 2.05) is 0 Å². The van der Waals surface area contributed by atoms with E-state index in [0.717, 1.165) is 28.3 Å². The van der Waals surface area contributed by atoms with Crippen molar-refractivity contribution in [3.8, 4) is 5.75 Å². The number of benzene rings is 1. The highest BCUT2D eigenvalue weighted by molar-refractivity contribution is 7.91. The zero-order valence-electron chi connectivity index (χ0n) is 15.6. The predicted octanol–water partition coefficient (Wildman–Crippen LogP) is 2.19. The van der Waals surface area contributed by atoms with Gasteiger partial charge in [-0.1, -0.05) is 6.08 Å². The molecule has 5 rings (SSSR count). The maximum absolute atomic E-state index is 14.4. The summed E-state index contributed by atoms with van der Waals surface area (Å²) in [7, 11) is -3.01. The normalized spacial score (nSPS) is 17.8. The van der Waals surface area contributed by atoms with Crippen molar-refractivity contribution < 1.29 is 17.5 Å². The number of hydrogen-bond acceptors (Lipinski definition) is 6. The third-order valence-corrected chi connectivity index (χ3v) is 7.06. The first-order chi connectivity index (χ1) is 14.0. The smallest absolute Gasteiger partial charge is 0.171 e. The van der Waals surface area contributed by atoms with Gasteiger partial charge in [0.25, 0.3) is 0 Å². The Kier molecular flexibility index (Phi) is 4.34. The van der Waals surface area contributed by atoms with E-state index in [1.54, 1.807) is 29.1 Å². The highest BCUT2D eigenvalue weighted by Crippen LogP contribution is 2.31. The van der Waals surface area contributed by atoms with E-state index in [9.17, 15) is 12.8 Å². The molecule has 4 heterocycles. The Morgan fingerprint density at radius 3 is 2.93 bits per heavy atom. The minimum Gasteiger partial charge on any atom is -0.493 e. The molecule has 0 aliphatic carbocycles. The number of nitrogens with zero attached hydrogens (tertiary/aromatic N) is 4. The fourth-order valence-electron chi connectivity index (χ4n) is 4.02. The summed E-state index contributed by atoms with van der Waals surface area (Å²) in [6.07, 6.45) is 7.22. The minimum atomic E-state index is -3.01. The maximum atomic E-state index is 14.4. The maximum Gasteiger partial charge on any atom is 0.171 e. The van der Waals surface area contributed by atoms with Gasteiger partial charge in [0.2, 0.25) is 0 Å². The first-order valence-corrected chi connectivity index (χ1v) is 11.3. The molecular weight excluding hydrogens is 395 g/mol. The van der Waals surface area contributed by atoms with Crippen molar-refractivity contribution in [2.75, 3.05) is 18.1 Å². The van der Waals surface area contributed by atoms with E-state index < -0.39 is 9.84 Å². The molecule has 2 aliphatic heterocycles. The second-order valence-electron chi connectivity index (χ2n) is 7.31. The van der Waals surface area contributed by atoms with E-state index >= 15 is 0 Å². The van der Waals surface area contributed by atoms with Gasteiger partial charge in [0, 0.05) is 30.2 Å². The molecule has 1 aromatic carbocycles. The van der Waals surface area contributed by atoms with Gasteiger partial charge in [-0.15, -0.1) is 10.2 Å². The van der Waals surface area contributed by atoms with Crippen molar-refractivity contribution in [3.05, 3.63) is 59.1 Å². The fraction of sp³-hybridized carbons (Fsp3) is 0.350. The number of aryl methyl sites for hydroxylation is 1. The second-order valence-corrected chi connectivity index (χ2v) is 9.54. The van der Waals surface area contributed by atoms with Crippen molar-refractivity contribution in [1.29, 1.82) is 0 Å². The molecule has 0 atom stereocenters. The van der Waals surface area contributed by atoms with Crippen LogP contribution in [-0.2, 0) is 29.1 Å². The molecular formula is C20H19FN4O3S.